The summed E-state index contributed by atoms with van der Waals surface area (Å²) in [5, 5.41) is 15.6. The predicted octanol–water partition coefficient (Wildman–Crippen LogP) is 1.95. The summed E-state index contributed by atoms with van der Waals surface area (Å²) in [5.41, 5.74) is 2.52. The maximum atomic E-state index is 13.4. The van der Waals surface area contributed by atoms with Crippen LogP contribution in [0.3, 0.4) is 0 Å². The van der Waals surface area contributed by atoms with Crippen molar-refractivity contribution in [2.45, 2.75) is 57.1 Å². The average Bonchev–Trinajstić information content (AvgIpc) is 2.93. The van der Waals surface area contributed by atoms with Crippen molar-refractivity contribution in [2.24, 2.45) is 7.05 Å². The molecular weight excluding hydrogens is 505 g/mol. The van der Waals surface area contributed by atoms with Gasteiger partial charge in [0.15, 0.2) is 0 Å². The molecule has 1 aliphatic heterocycles. The Morgan fingerprint density at radius 3 is 2.82 bits per heavy atom. The molecule has 0 bridgehead atoms. The molecule has 3 N–H and O–H groups in total. The average molecular weight is 546 g/mol. The minimum absolute atomic E-state index is 0.111. The monoisotopic (exact) mass is 545 g/mol. The number of anilines is 1. The first-order chi connectivity index (χ1) is 18.8. The van der Waals surface area contributed by atoms with Gasteiger partial charge in [0.1, 0.15) is 18.5 Å². The van der Waals surface area contributed by atoms with Crippen LogP contribution in [-0.4, -0.2) is 83.5 Å². The van der Waals surface area contributed by atoms with Gasteiger partial charge in [0.2, 0.25) is 11.5 Å². The van der Waals surface area contributed by atoms with Crippen LogP contribution >= 0.6 is 0 Å². The Bertz CT molecular complexity index is 1150. The third-order valence-corrected chi connectivity index (χ3v) is 7.07. The zero-order chi connectivity index (χ0) is 28.2. The lowest BCUT2D eigenvalue weighted by molar-refractivity contribution is -0.142. The normalized spacial score (nSPS) is 14.4. The molecule has 2 unspecified atom stereocenters. The fourth-order valence-corrected chi connectivity index (χ4v) is 4.68. The van der Waals surface area contributed by atoms with Gasteiger partial charge in [0, 0.05) is 51.2 Å². The van der Waals surface area contributed by atoms with E-state index in [0.717, 1.165) is 50.2 Å². The summed E-state index contributed by atoms with van der Waals surface area (Å²) in [4.78, 5) is 43.0. The zero-order valence-electron chi connectivity index (χ0n) is 22.8. The number of rotatable bonds is 16. The summed E-state index contributed by atoms with van der Waals surface area (Å²) in [5.74, 6) is -0.658. The Morgan fingerprint density at radius 2 is 2.08 bits per heavy atom. The second-order valence-electron chi connectivity index (χ2n) is 9.95. The van der Waals surface area contributed by atoms with Crippen LogP contribution in [0.1, 0.15) is 42.6 Å². The molecule has 1 aliphatic rings. The summed E-state index contributed by atoms with van der Waals surface area (Å²) in [6.07, 6.45) is 4.10. The van der Waals surface area contributed by atoms with Crippen molar-refractivity contribution in [3.8, 4) is 0 Å². The lowest BCUT2D eigenvalue weighted by atomic mass is 10.1. The van der Waals surface area contributed by atoms with E-state index in [4.69, 9.17) is 9.72 Å². The van der Waals surface area contributed by atoms with E-state index in [1.807, 2.05) is 4.90 Å². The number of nitrogens with zero attached hydrogens (tertiary/aromatic N) is 3. The Hall–Kier alpha value is -3.31. The van der Waals surface area contributed by atoms with E-state index in [1.165, 1.54) is 23.3 Å². The predicted molar refractivity (Wildman–Crippen MR) is 147 cm³/mol. The highest BCUT2D eigenvalue weighted by Crippen LogP contribution is 2.20. The van der Waals surface area contributed by atoms with Gasteiger partial charge in [-0.25, -0.2) is 14.2 Å². The molecule has 1 amide bonds. The Morgan fingerprint density at radius 1 is 1.26 bits per heavy atom. The minimum atomic E-state index is -1.15. The van der Waals surface area contributed by atoms with E-state index >= 15 is 0 Å². The maximum absolute atomic E-state index is 13.4. The molecule has 0 aromatic carbocycles. The number of carboxylic acid groups (broad SMARTS) is 1. The van der Waals surface area contributed by atoms with Gasteiger partial charge in [-0.15, -0.1) is 0 Å². The van der Waals surface area contributed by atoms with E-state index in [2.05, 4.69) is 22.8 Å². The van der Waals surface area contributed by atoms with Crippen LogP contribution in [0.4, 0.5) is 10.2 Å². The first-order valence-electron chi connectivity index (χ1n) is 13.5. The highest BCUT2D eigenvalue weighted by atomic mass is 19.1. The molecular formula is C28H40FN5O5. The molecule has 2 aromatic heterocycles. The van der Waals surface area contributed by atoms with Crippen molar-refractivity contribution in [1.82, 2.24) is 19.8 Å². The summed E-state index contributed by atoms with van der Waals surface area (Å²) >= 11 is 0. The van der Waals surface area contributed by atoms with Crippen LogP contribution < -0.4 is 16.2 Å². The Kier molecular flexibility index (Phi) is 11.9. The fraction of sp³-hybridized carbons (Fsp3) is 0.571. The number of unbranched alkanes of at least 4 members (excludes halogenated alkanes) is 1. The van der Waals surface area contributed by atoms with Crippen molar-refractivity contribution in [1.29, 1.82) is 0 Å². The van der Waals surface area contributed by atoms with Gasteiger partial charge in [-0.3, -0.25) is 9.59 Å². The lowest BCUT2D eigenvalue weighted by Crippen LogP contribution is -2.45. The molecule has 214 valence electrons. The topological polar surface area (TPSA) is 126 Å². The number of aromatic nitrogens is 2. The molecule has 10 nitrogen and oxygen atoms in total. The molecule has 0 spiro atoms. The van der Waals surface area contributed by atoms with E-state index in [-0.39, 0.29) is 18.4 Å². The van der Waals surface area contributed by atoms with Crippen molar-refractivity contribution in [2.75, 3.05) is 45.3 Å². The number of fused-ring (bicyclic) bond motifs is 1. The number of hydrogen-bond donors (Lipinski definition) is 3. The van der Waals surface area contributed by atoms with Crippen molar-refractivity contribution in [3.63, 3.8) is 0 Å². The largest absolute Gasteiger partial charge is 0.480 e. The van der Waals surface area contributed by atoms with Gasteiger partial charge >= 0.3 is 5.97 Å². The summed E-state index contributed by atoms with van der Waals surface area (Å²) in [7, 11) is 3.02. The first kappa shape index (κ1) is 30.2. The number of aliphatic carboxylic acids is 1. The molecule has 2 aromatic rings. The summed E-state index contributed by atoms with van der Waals surface area (Å²) in [6.45, 7) is 1.60. The SMILES string of the molecule is COC(CF)CN(CCCCc1ccc2c(n1)NCCC2)CCC(NC(=O)Cc1cccc(=O)n1C)C(=O)O. The molecule has 2 atom stereocenters. The van der Waals surface area contributed by atoms with Gasteiger partial charge in [-0.05, 0) is 62.8 Å². The molecule has 0 fully saturated rings. The van der Waals surface area contributed by atoms with E-state index in [0.29, 0.717) is 25.3 Å². The van der Waals surface area contributed by atoms with Crippen LogP contribution in [0.2, 0.25) is 0 Å². The van der Waals surface area contributed by atoms with Gasteiger partial charge in [-0.1, -0.05) is 12.1 Å². The lowest BCUT2D eigenvalue weighted by Gasteiger charge is -2.27. The fourth-order valence-electron chi connectivity index (χ4n) is 4.68. The first-order valence-corrected chi connectivity index (χ1v) is 13.5. The number of methoxy groups -OCH3 is 1. The number of hydrogen-bond acceptors (Lipinski definition) is 7. The Labute approximate surface area is 228 Å². The van der Waals surface area contributed by atoms with E-state index in [9.17, 15) is 23.9 Å². The maximum Gasteiger partial charge on any atom is 0.326 e. The Balaban J connectivity index is 1.53. The molecule has 39 heavy (non-hydrogen) atoms. The number of carboxylic acids is 1. The molecule has 0 saturated heterocycles. The van der Waals surface area contributed by atoms with Crippen LogP contribution in [0.5, 0.6) is 0 Å². The highest BCUT2D eigenvalue weighted by Gasteiger charge is 2.23. The highest BCUT2D eigenvalue weighted by molar-refractivity contribution is 5.84. The number of nitrogens with one attached hydrogen (secondary N) is 2. The number of aryl methyl sites for hydroxylation is 2. The van der Waals surface area contributed by atoms with Crippen LogP contribution in [0, 0.1) is 0 Å². The van der Waals surface area contributed by atoms with Gasteiger partial charge in [0.05, 0.1) is 12.5 Å². The van der Waals surface area contributed by atoms with Crippen molar-refractivity contribution < 1.29 is 23.8 Å². The van der Waals surface area contributed by atoms with E-state index < -0.39 is 30.7 Å². The molecule has 0 radical (unpaired) electrons. The summed E-state index contributed by atoms with van der Waals surface area (Å²) < 4.78 is 20.0. The summed E-state index contributed by atoms with van der Waals surface area (Å²) in [6, 6.07) is 7.70. The second-order valence-corrected chi connectivity index (χ2v) is 9.95. The molecule has 3 heterocycles. The molecule has 11 heteroatoms. The van der Waals surface area contributed by atoms with Crippen LogP contribution in [-0.2, 0) is 40.6 Å². The number of amides is 1. The number of ether oxygens (including phenoxy) is 1. The number of halogens is 1. The van der Waals surface area contributed by atoms with Crippen LogP contribution in [0.15, 0.2) is 35.1 Å². The molecule has 3 rings (SSSR count). The number of pyridine rings is 2. The van der Waals surface area contributed by atoms with Crippen LogP contribution in [0.25, 0.3) is 0 Å². The third kappa shape index (κ3) is 9.43. The van der Waals surface area contributed by atoms with Crippen molar-refractivity contribution >= 4 is 17.7 Å². The standard InChI is InChI=1S/C28H40FN5O5/c1-33-22(9-5-10-26(33)36)17-25(35)32-24(28(37)38)13-16-34(19-23(18-29)39-2)15-4-3-8-21-12-11-20-7-6-14-30-27(20)31-21/h5,9-12,23-24H,3-4,6-8,13-19H2,1-2H3,(H,30,31)(H,32,35)(H,37,38). The molecule has 0 saturated carbocycles. The van der Waals surface area contributed by atoms with Crippen molar-refractivity contribution in [3.05, 3.63) is 57.6 Å². The smallest absolute Gasteiger partial charge is 0.326 e. The van der Waals surface area contributed by atoms with E-state index in [1.54, 1.807) is 19.2 Å². The number of carbonyl (C=O) groups excluding carboxylic acids is 1. The van der Waals surface area contributed by atoms with Gasteiger partial charge in [0.25, 0.3) is 0 Å². The number of alkyl halides is 1. The minimum Gasteiger partial charge on any atom is -0.480 e. The van der Waals surface area contributed by atoms with Gasteiger partial charge in [-0.2, -0.15) is 0 Å². The second kappa shape index (κ2) is 15.3. The van der Waals surface area contributed by atoms with Gasteiger partial charge < -0.3 is 29.9 Å². The third-order valence-electron chi connectivity index (χ3n) is 7.07. The number of carbonyl (C=O) groups is 2. The zero-order valence-corrected chi connectivity index (χ0v) is 22.8. The molecule has 0 aliphatic carbocycles. The quantitative estimate of drug-likeness (QED) is 0.273.